The Morgan fingerprint density at radius 3 is 3.00 bits per heavy atom. The van der Waals surface area contributed by atoms with Crippen molar-refractivity contribution in [1.82, 2.24) is 5.32 Å². The number of hydrogen-bond donors (Lipinski definition) is 2. The Kier molecular flexibility index (Phi) is 6.45. The Morgan fingerprint density at radius 1 is 1.48 bits per heavy atom. The number of halogens is 1. The van der Waals surface area contributed by atoms with Crippen LogP contribution in [0.2, 0.25) is 5.02 Å². The molecule has 1 aliphatic heterocycles. The van der Waals surface area contributed by atoms with Crippen molar-refractivity contribution in [1.29, 1.82) is 0 Å². The van der Waals surface area contributed by atoms with Gasteiger partial charge in [0.15, 0.2) is 0 Å². The minimum Gasteiger partial charge on any atom is -0.385 e. The smallest absolute Gasteiger partial charge is 0.117 e. The Morgan fingerprint density at radius 2 is 2.33 bits per heavy atom. The molecule has 0 spiro atoms. The summed E-state index contributed by atoms with van der Waals surface area (Å²) in [6.07, 6.45) is 2.16. The molecule has 2 unspecified atom stereocenters. The zero-order chi connectivity index (χ0) is 15.1. The first-order chi connectivity index (χ1) is 10.2. The largest absolute Gasteiger partial charge is 0.385 e. The highest BCUT2D eigenvalue weighted by atomic mass is 35.5. The molecule has 1 aliphatic rings. The number of rotatable bonds is 7. The van der Waals surface area contributed by atoms with Crippen LogP contribution in [0.3, 0.4) is 0 Å². The third kappa shape index (κ3) is 4.41. The molecule has 0 aromatic heterocycles. The van der Waals surface area contributed by atoms with E-state index in [0.29, 0.717) is 31.2 Å². The van der Waals surface area contributed by atoms with Crippen molar-refractivity contribution in [2.75, 3.05) is 33.4 Å². The van der Waals surface area contributed by atoms with Gasteiger partial charge in [0.05, 0.1) is 6.61 Å². The van der Waals surface area contributed by atoms with E-state index in [1.165, 1.54) is 0 Å². The van der Waals surface area contributed by atoms with Gasteiger partial charge in [-0.1, -0.05) is 23.7 Å². The number of hydrogen-bond acceptors (Lipinski definition) is 4. The molecule has 0 radical (unpaired) electrons. The van der Waals surface area contributed by atoms with Gasteiger partial charge in [0.1, 0.15) is 11.7 Å². The van der Waals surface area contributed by atoms with Crippen molar-refractivity contribution in [2.24, 2.45) is 0 Å². The standard InChI is InChI=1S/C16H24ClNO3/c1-20-9-3-2-7-16(19,15-12-18-8-10-21-15)13-5-4-6-14(17)11-13/h4-6,11,15,18-19H,2-3,7-10,12H2,1H3. The lowest BCUT2D eigenvalue weighted by Crippen LogP contribution is -2.51. The van der Waals surface area contributed by atoms with Crippen molar-refractivity contribution in [3.05, 3.63) is 34.9 Å². The number of benzene rings is 1. The molecule has 0 bridgehead atoms. The molecular formula is C16H24ClNO3. The normalized spacial score (nSPS) is 22.0. The van der Waals surface area contributed by atoms with E-state index in [1.54, 1.807) is 7.11 Å². The molecule has 1 saturated heterocycles. The van der Waals surface area contributed by atoms with E-state index in [0.717, 1.165) is 24.9 Å². The van der Waals surface area contributed by atoms with E-state index in [4.69, 9.17) is 21.1 Å². The highest BCUT2D eigenvalue weighted by molar-refractivity contribution is 6.30. The zero-order valence-corrected chi connectivity index (χ0v) is 13.2. The van der Waals surface area contributed by atoms with Crippen LogP contribution in [0.25, 0.3) is 0 Å². The molecule has 0 amide bonds. The number of aliphatic hydroxyl groups is 1. The molecule has 1 aromatic rings. The van der Waals surface area contributed by atoms with Crippen LogP contribution in [0.1, 0.15) is 24.8 Å². The van der Waals surface area contributed by atoms with Crippen LogP contribution < -0.4 is 5.32 Å². The summed E-state index contributed by atoms with van der Waals surface area (Å²) in [5.41, 5.74) is -0.201. The highest BCUT2D eigenvalue weighted by Gasteiger charge is 2.39. The summed E-state index contributed by atoms with van der Waals surface area (Å²) >= 11 is 6.09. The molecule has 2 atom stereocenters. The maximum Gasteiger partial charge on any atom is 0.117 e. The SMILES string of the molecule is COCCCCC(O)(c1cccc(Cl)c1)C1CNCCO1. The molecule has 0 saturated carbocycles. The summed E-state index contributed by atoms with van der Waals surface area (Å²) in [4.78, 5) is 0. The van der Waals surface area contributed by atoms with Gasteiger partial charge in [-0.2, -0.15) is 0 Å². The molecule has 21 heavy (non-hydrogen) atoms. The molecule has 118 valence electrons. The van der Waals surface area contributed by atoms with Crippen molar-refractivity contribution in [3.63, 3.8) is 0 Å². The molecular weight excluding hydrogens is 290 g/mol. The van der Waals surface area contributed by atoms with E-state index in [1.807, 2.05) is 24.3 Å². The Labute approximate surface area is 131 Å². The number of unbranched alkanes of at least 4 members (excludes halogenated alkanes) is 1. The average molecular weight is 314 g/mol. The molecule has 2 rings (SSSR count). The van der Waals surface area contributed by atoms with Crippen LogP contribution in [0.4, 0.5) is 0 Å². The van der Waals surface area contributed by atoms with E-state index >= 15 is 0 Å². The summed E-state index contributed by atoms with van der Waals surface area (Å²) < 4.78 is 10.9. The number of morpholine rings is 1. The predicted molar refractivity (Wildman–Crippen MR) is 83.7 cm³/mol. The second-order valence-electron chi connectivity index (χ2n) is 5.45. The van der Waals surface area contributed by atoms with Crippen LogP contribution in [0, 0.1) is 0 Å². The van der Waals surface area contributed by atoms with Gasteiger partial charge in [-0.3, -0.25) is 0 Å². The van der Waals surface area contributed by atoms with E-state index in [2.05, 4.69) is 5.32 Å². The Balaban J connectivity index is 2.15. The molecule has 4 nitrogen and oxygen atoms in total. The fourth-order valence-electron chi connectivity index (χ4n) is 2.76. The first-order valence-electron chi connectivity index (χ1n) is 7.46. The van der Waals surface area contributed by atoms with Crippen LogP contribution in [-0.4, -0.2) is 44.6 Å². The van der Waals surface area contributed by atoms with Crippen molar-refractivity contribution >= 4 is 11.6 Å². The quantitative estimate of drug-likeness (QED) is 0.759. The lowest BCUT2D eigenvalue weighted by molar-refractivity contribution is -0.130. The van der Waals surface area contributed by atoms with E-state index < -0.39 is 5.60 Å². The second kappa shape index (κ2) is 8.11. The summed E-state index contributed by atoms with van der Waals surface area (Å²) in [5.74, 6) is 0. The summed E-state index contributed by atoms with van der Waals surface area (Å²) in [5, 5.41) is 15.2. The fraction of sp³-hybridized carbons (Fsp3) is 0.625. The molecule has 2 N–H and O–H groups in total. The molecule has 1 fully saturated rings. The molecule has 5 heteroatoms. The Bertz CT molecular complexity index is 437. The van der Waals surface area contributed by atoms with Crippen molar-refractivity contribution in [2.45, 2.75) is 31.0 Å². The molecule has 1 aromatic carbocycles. The third-order valence-electron chi connectivity index (χ3n) is 3.94. The molecule has 1 heterocycles. The highest BCUT2D eigenvalue weighted by Crippen LogP contribution is 2.34. The lowest BCUT2D eigenvalue weighted by atomic mass is 9.83. The maximum atomic E-state index is 11.3. The summed E-state index contributed by atoms with van der Waals surface area (Å²) in [6, 6.07) is 7.43. The zero-order valence-electron chi connectivity index (χ0n) is 12.5. The van der Waals surface area contributed by atoms with Crippen molar-refractivity contribution in [3.8, 4) is 0 Å². The predicted octanol–water partition coefficient (Wildman–Crippen LogP) is 2.33. The fourth-order valence-corrected chi connectivity index (χ4v) is 2.95. The number of methoxy groups -OCH3 is 1. The number of nitrogens with one attached hydrogen (secondary N) is 1. The lowest BCUT2D eigenvalue weighted by Gasteiger charge is -2.39. The van der Waals surface area contributed by atoms with E-state index in [-0.39, 0.29) is 6.10 Å². The van der Waals surface area contributed by atoms with Crippen LogP contribution in [-0.2, 0) is 15.1 Å². The average Bonchev–Trinajstić information content (AvgIpc) is 2.52. The van der Waals surface area contributed by atoms with Gasteiger partial charge < -0.3 is 19.9 Å². The minimum absolute atomic E-state index is 0.257. The second-order valence-corrected chi connectivity index (χ2v) is 5.88. The third-order valence-corrected chi connectivity index (χ3v) is 4.18. The van der Waals surface area contributed by atoms with Gasteiger partial charge in [-0.05, 0) is 37.0 Å². The van der Waals surface area contributed by atoms with Crippen LogP contribution in [0.5, 0.6) is 0 Å². The van der Waals surface area contributed by atoms with Gasteiger partial charge in [-0.25, -0.2) is 0 Å². The van der Waals surface area contributed by atoms with Crippen LogP contribution in [0.15, 0.2) is 24.3 Å². The first kappa shape index (κ1) is 16.7. The van der Waals surface area contributed by atoms with E-state index in [9.17, 15) is 5.11 Å². The van der Waals surface area contributed by atoms with Gasteiger partial charge in [0, 0.05) is 31.8 Å². The monoisotopic (exact) mass is 313 g/mol. The van der Waals surface area contributed by atoms with Gasteiger partial charge >= 0.3 is 0 Å². The summed E-state index contributed by atoms with van der Waals surface area (Å²) in [7, 11) is 1.69. The van der Waals surface area contributed by atoms with Crippen LogP contribution >= 0.6 is 11.6 Å². The van der Waals surface area contributed by atoms with Crippen molar-refractivity contribution < 1.29 is 14.6 Å². The number of ether oxygens (including phenoxy) is 2. The Hall–Kier alpha value is -0.650. The first-order valence-corrected chi connectivity index (χ1v) is 7.84. The maximum absolute atomic E-state index is 11.3. The van der Waals surface area contributed by atoms with Gasteiger partial charge in [0.2, 0.25) is 0 Å². The summed E-state index contributed by atoms with van der Waals surface area (Å²) in [6.45, 7) is 2.79. The van der Waals surface area contributed by atoms with Gasteiger partial charge in [-0.15, -0.1) is 0 Å². The molecule has 0 aliphatic carbocycles. The topological polar surface area (TPSA) is 50.7 Å². The van der Waals surface area contributed by atoms with Gasteiger partial charge in [0.25, 0.3) is 0 Å². The minimum atomic E-state index is -1.02.